The van der Waals surface area contributed by atoms with Crippen molar-refractivity contribution in [3.63, 3.8) is 0 Å². The monoisotopic (exact) mass is 294 g/mol. The van der Waals surface area contributed by atoms with Crippen molar-refractivity contribution in [2.45, 2.75) is 37.8 Å². The summed E-state index contributed by atoms with van der Waals surface area (Å²) in [6.07, 6.45) is 3.16. The Morgan fingerprint density at radius 1 is 1.48 bits per heavy atom. The number of benzene rings is 1. The van der Waals surface area contributed by atoms with Crippen molar-refractivity contribution in [1.82, 2.24) is 4.90 Å². The molecule has 0 bridgehead atoms. The van der Waals surface area contributed by atoms with Crippen molar-refractivity contribution < 1.29 is 15.1 Å². The van der Waals surface area contributed by atoms with Gasteiger partial charge in [0.2, 0.25) is 0 Å². The molecule has 2 unspecified atom stereocenters. The van der Waals surface area contributed by atoms with Gasteiger partial charge in [0.25, 0.3) is 5.69 Å². The summed E-state index contributed by atoms with van der Waals surface area (Å²) in [5.41, 5.74) is 0.585. The van der Waals surface area contributed by atoms with Gasteiger partial charge in [-0.3, -0.25) is 15.0 Å². The Balaban J connectivity index is 1.98. The number of nitrogens with zero attached hydrogens (tertiary/aromatic N) is 2. The standard InChI is InChI=1S/C15H22N2O4/c18-9-3-7-13-6-2-8-16(13)11-15(19)12-4-1-5-14(10-12)17(20)21/h1,4-5,10,13,15,18-19H,2-3,6-9,11H2. The minimum absolute atomic E-state index is 0.00445. The molecule has 116 valence electrons. The summed E-state index contributed by atoms with van der Waals surface area (Å²) in [7, 11) is 0. The molecule has 0 aromatic heterocycles. The smallest absolute Gasteiger partial charge is 0.269 e. The van der Waals surface area contributed by atoms with E-state index in [4.69, 9.17) is 5.11 Å². The van der Waals surface area contributed by atoms with Gasteiger partial charge in [0.1, 0.15) is 0 Å². The highest BCUT2D eigenvalue weighted by Gasteiger charge is 2.26. The fraction of sp³-hybridized carbons (Fsp3) is 0.600. The molecular formula is C15H22N2O4. The van der Waals surface area contributed by atoms with Crippen LogP contribution in [0.1, 0.15) is 37.4 Å². The lowest BCUT2D eigenvalue weighted by atomic mass is 10.1. The first-order valence-corrected chi connectivity index (χ1v) is 7.39. The molecule has 2 atom stereocenters. The van der Waals surface area contributed by atoms with E-state index in [2.05, 4.69) is 4.90 Å². The third-order valence-corrected chi connectivity index (χ3v) is 4.07. The lowest BCUT2D eigenvalue weighted by Gasteiger charge is -2.26. The first kappa shape index (κ1) is 15.9. The van der Waals surface area contributed by atoms with Gasteiger partial charge in [0.15, 0.2) is 0 Å². The van der Waals surface area contributed by atoms with Crippen LogP contribution < -0.4 is 0 Å². The Morgan fingerprint density at radius 2 is 2.29 bits per heavy atom. The first-order valence-electron chi connectivity index (χ1n) is 7.39. The normalized spacial score (nSPS) is 20.6. The third kappa shape index (κ3) is 4.23. The van der Waals surface area contributed by atoms with Crippen molar-refractivity contribution >= 4 is 5.69 Å². The number of aliphatic hydroxyl groups is 2. The number of nitro benzene ring substituents is 1. The van der Waals surface area contributed by atoms with Crippen molar-refractivity contribution in [1.29, 1.82) is 0 Å². The number of rotatable bonds is 7. The molecule has 0 aliphatic carbocycles. The summed E-state index contributed by atoms with van der Waals surface area (Å²) in [5, 5.41) is 30.0. The van der Waals surface area contributed by atoms with Gasteiger partial charge in [-0.05, 0) is 37.8 Å². The van der Waals surface area contributed by atoms with Crippen LogP contribution in [0.3, 0.4) is 0 Å². The largest absolute Gasteiger partial charge is 0.396 e. The maximum atomic E-state index is 10.8. The quantitative estimate of drug-likeness (QED) is 0.592. The van der Waals surface area contributed by atoms with Crippen LogP contribution in [0.25, 0.3) is 0 Å². The molecule has 1 aliphatic heterocycles. The predicted octanol–water partition coefficient (Wildman–Crippen LogP) is 1.87. The second-order valence-electron chi connectivity index (χ2n) is 5.52. The molecule has 0 saturated carbocycles. The van der Waals surface area contributed by atoms with E-state index in [0.717, 1.165) is 32.2 Å². The molecule has 1 aliphatic rings. The summed E-state index contributed by atoms with van der Waals surface area (Å²) in [6, 6.07) is 6.57. The number of hydrogen-bond donors (Lipinski definition) is 2. The number of nitro groups is 1. The van der Waals surface area contributed by atoms with Gasteiger partial charge < -0.3 is 10.2 Å². The number of hydrogen-bond acceptors (Lipinski definition) is 5. The van der Waals surface area contributed by atoms with Crippen molar-refractivity contribution in [3.05, 3.63) is 39.9 Å². The van der Waals surface area contributed by atoms with Crippen LogP contribution in [0, 0.1) is 10.1 Å². The molecule has 1 saturated heterocycles. The Kier molecular flexibility index (Phi) is 5.67. The van der Waals surface area contributed by atoms with E-state index in [9.17, 15) is 15.2 Å². The lowest BCUT2D eigenvalue weighted by molar-refractivity contribution is -0.385. The zero-order valence-corrected chi connectivity index (χ0v) is 12.0. The summed E-state index contributed by atoms with van der Waals surface area (Å²) < 4.78 is 0. The zero-order valence-electron chi connectivity index (χ0n) is 12.0. The minimum atomic E-state index is -0.723. The van der Waals surface area contributed by atoms with Crippen LogP contribution in [0.2, 0.25) is 0 Å². The molecule has 0 spiro atoms. The van der Waals surface area contributed by atoms with E-state index in [0.29, 0.717) is 18.2 Å². The van der Waals surface area contributed by atoms with Gasteiger partial charge >= 0.3 is 0 Å². The molecule has 1 heterocycles. The topological polar surface area (TPSA) is 86.8 Å². The molecule has 2 rings (SSSR count). The Labute approximate surface area is 124 Å². The Morgan fingerprint density at radius 3 is 3.00 bits per heavy atom. The highest BCUT2D eigenvalue weighted by atomic mass is 16.6. The maximum Gasteiger partial charge on any atom is 0.269 e. The summed E-state index contributed by atoms with van der Waals surface area (Å²) in [4.78, 5) is 12.6. The maximum absolute atomic E-state index is 10.8. The van der Waals surface area contributed by atoms with Gasteiger partial charge in [0, 0.05) is 31.3 Å². The SMILES string of the molecule is O=[N+]([O-])c1cccc(C(O)CN2CCCC2CCCO)c1. The Bertz CT molecular complexity index is 480. The Hall–Kier alpha value is -1.50. The molecule has 21 heavy (non-hydrogen) atoms. The van der Waals surface area contributed by atoms with Crippen LogP contribution in [-0.2, 0) is 0 Å². The summed E-state index contributed by atoms with van der Waals surface area (Å²) in [5.74, 6) is 0. The van der Waals surface area contributed by atoms with Crippen molar-refractivity contribution in [3.8, 4) is 0 Å². The van der Waals surface area contributed by atoms with Crippen LogP contribution in [0.4, 0.5) is 5.69 Å². The van der Waals surface area contributed by atoms with E-state index >= 15 is 0 Å². The van der Waals surface area contributed by atoms with E-state index in [1.807, 2.05) is 0 Å². The van der Waals surface area contributed by atoms with Gasteiger partial charge in [-0.1, -0.05) is 12.1 Å². The molecule has 6 heteroatoms. The van der Waals surface area contributed by atoms with E-state index in [-0.39, 0.29) is 12.3 Å². The minimum Gasteiger partial charge on any atom is -0.396 e. The predicted molar refractivity (Wildman–Crippen MR) is 79.0 cm³/mol. The molecule has 1 aromatic rings. The number of likely N-dealkylation sites (tertiary alicyclic amines) is 1. The number of non-ortho nitro benzene ring substituents is 1. The number of aliphatic hydroxyl groups excluding tert-OH is 2. The van der Waals surface area contributed by atoms with Crippen molar-refractivity contribution in [2.75, 3.05) is 19.7 Å². The molecule has 0 amide bonds. The number of β-amino-alcohol motifs (C(OH)–C–C–N with tert-alkyl or cyclic N) is 1. The van der Waals surface area contributed by atoms with Crippen molar-refractivity contribution in [2.24, 2.45) is 0 Å². The zero-order chi connectivity index (χ0) is 15.2. The van der Waals surface area contributed by atoms with Gasteiger partial charge in [-0.2, -0.15) is 0 Å². The second-order valence-corrected chi connectivity index (χ2v) is 5.52. The van der Waals surface area contributed by atoms with Gasteiger partial charge in [-0.25, -0.2) is 0 Å². The van der Waals surface area contributed by atoms with E-state index < -0.39 is 11.0 Å². The molecule has 6 nitrogen and oxygen atoms in total. The molecule has 0 radical (unpaired) electrons. The molecular weight excluding hydrogens is 272 g/mol. The average molecular weight is 294 g/mol. The van der Waals surface area contributed by atoms with Crippen LogP contribution >= 0.6 is 0 Å². The van der Waals surface area contributed by atoms with Gasteiger partial charge in [0.05, 0.1) is 11.0 Å². The van der Waals surface area contributed by atoms with Gasteiger partial charge in [-0.15, -0.1) is 0 Å². The summed E-state index contributed by atoms with van der Waals surface area (Å²) >= 11 is 0. The highest BCUT2D eigenvalue weighted by Crippen LogP contribution is 2.26. The van der Waals surface area contributed by atoms with E-state index in [1.54, 1.807) is 12.1 Å². The fourth-order valence-electron chi connectivity index (χ4n) is 2.96. The molecule has 2 N–H and O–H groups in total. The first-order chi connectivity index (χ1) is 10.1. The van der Waals surface area contributed by atoms with Crippen LogP contribution in [0.5, 0.6) is 0 Å². The average Bonchev–Trinajstić information content (AvgIpc) is 2.92. The lowest BCUT2D eigenvalue weighted by Crippen LogP contribution is -2.33. The van der Waals surface area contributed by atoms with Crippen LogP contribution in [0.15, 0.2) is 24.3 Å². The third-order valence-electron chi connectivity index (χ3n) is 4.07. The second kappa shape index (κ2) is 7.49. The fourth-order valence-corrected chi connectivity index (χ4v) is 2.96. The van der Waals surface area contributed by atoms with E-state index in [1.165, 1.54) is 12.1 Å². The molecule has 1 aromatic carbocycles. The molecule has 1 fully saturated rings. The highest BCUT2D eigenvalue weighted by molar-refractivity contribution is 5.35. The summed E-state index contributed by atoms with van der Waals surface area (Å²) in [6.45, 7) is 1.61. The van der Waals surface area contributed by atoms with Crippen LogP contribution in [-0.4, -0.2) is 45.8 Å².